The van der Waals surface area contributed by atoms with Crippen LogP contribution in [0.3, 0.4) is 0 Å². The number of rotatable bonds is 4. The predicted molar refractivity (Wildman–Crippen MR) is 70.9 cm³/mol. The molecule has 1 aromatic rings. The van der Waals surface area contributed by atoms with E-state index in [2.05, 4.69) is 10.2 Å². The maximum atomic E-state index is 13.8. The summed E-state index contributed by atoms with van der Waals surface area (Å²) in [6.45, 7) is 4.32. The van der Waals surface area contributed by atoms with Crippen LogP contribution in [0.15, 0.2) is 6.07 Å². The maximum absolute atomic E-state index is 13.8. The Hall–Kier alpha value is -0.910. The molecule has 1 N–H and O–H groups in total. The van der Waals surface area contributed by atoms with Gasteiger partial charge in [0.05, 0.1) is 12.1 Å². The number of benzene rings is 1. The van der Waals surface area contributed by atoms with Gasteiger partial charge in [-0.15, -0.1) is 0 Å². The zero-order valence-electron chi connectivity index (χ0n) is 10.8. The van der Waals surface area contributed by atoms with E-state index >= 15 is 0 Å². The van der Waals surface area contributed by atoms with Crippen LogP contribution in [0.2, 0.25) is 5.02 Å². The third kappa shape index (κ3) is 3.35. The van der Waals surface area contributed by atoms with Crippen LogP contribution < -0.4 is 10.1 Å². The van der Waals surface area contributed by atoms with Gasteiger partial charge in [-0.3, -0.25) is 0 Å². The highest BCUT2D eigenvalue weighted by molar-refractivity contribution is 6.32. The molecule has 0 aliphatic carbocycles. The summed E-state index contributed by atoms with van der Waals surface area (Å²) in [5.74, 6) is -1.56. The van der Waals surface area contributed by atoms with Crippen LogP contribution in [-0.2, 0) is 6.42 Å². The van der Waals surface area contributed by atoms with Gasteiger partial charge in [-0.2, -0.15) is 0 Å². The fraction of sp³-hybridized carbons (Fsp3) is 0.538. The molecule has 1 saturated heterocycles. The van der Waals surface area contributed by atoms with E-state index in [1.807, 2.05) is 0 Å². The lowest BCUT2D eigenvalue weighted by molar-refractivity contribution is 0.242. The van der Waals surface area contributed by atoms with Crippen LogP contribution >= 0.6 is 11.6 Å². The quantitative estimate of drug-likeness (QED) is 0.859. The zero-order chi connectivity index (χ0) is 13.8. The number of nitrogens with zero attached hydrogens (tertiary/aromatic N) is 1. The molecule has 0 bridgehead atoms. The van der Waals surface area contributed by atoms with Gasteiger partial charge in [0.25, 0.3) is 0 Å². The topological polar surface area (TPSA) is 24.5 Å². The van der Waals surface area contributed by atoms with Crippen molar-refractivity contribution >= 4 is 11.6 Å². The molecule has 2 rings (SSSR count). The Balaban J connectivity index is 2.13. The molecule has 0 saturated carbocycles. The molecule has 1 fully saturated rings. The molecule has 1 aliphatic rings. The lowest BCUT2D eigenvalue weighted by atomic mass is 10.1. The molecule has 0 unspecified atom stereocenters. The van der Waals surface area contributed by atoms with Crippen molar-refractivity contribution in [2.24, 2.45) is 0 Å². The molecular weight excluding hydrogens is 274 g/mol. The second-order valence-electron chi connectivity index (χ2n) is 4.51. The van der Waals surface area contributed by atoms with Crippen molar-refractivity contribution in [3.05, 3.63) is 28.3 Å². The smallest absolute Gasteiger partial charge is 0.165 e. The fourth-order valence-electron chi connectivity index (χ4n) is 2.28. The van der Waals surface area contributed by atoms with Crippen molar-refractivity contribution < 1.29 is 13.5 Å². The van der Waals surface area contributed by atoms with Crippen molar-refractivity contribution in [1.82, 2.24) is 10.2 Å². The van der Waals surface area contributed by atoms with Gasteiger partial charge in [0.1, 0.15) is 5.75 Å². The van der Waals surface area contributed by atoms with Crippen LogP contribution in [0.4, 0.5) is 8.78 Å². The Labute approximate surface area is 116 Å². The summed E-state index contributed by atoms with van der Waals surface area (Å²) < 4.78 is 32.3. The van der Waals surface area contributed by atoms with E-state index in [1.54, 1.807) is 0 Å². The average molecular weight is 291 g/mol. The third-order valence-corrected chi connectivity index (χ3v) is 3.59. The van der Waals surface area contributed by atoms with Gasteiger partial charge < -0.3 is 15.0 Å². The average Bonchev–Trinajstić information content (AvgIpc) is 2.42. The second kappa shape index (κ2) is 6.50. The molecule has 3 nitrogen and oxygen atoms in total. The van der Waals surface area contributed by atoms with Crippen LogP contribution in [0, 0.1) is 11.6 Å². The summed E-state index contributed by atoms with van der Waals surface area (Å²) in [5.41, 5.74) is 0.214. The van der Waals surface area contributed by atoms with Gasteiger partial charge in [0, 0.05) is 38.3 Å². The van der Waals surface area contributed by atoms with E-state index < -0.39 is 11.6 Å². The van der Waals surface area contributed by atoms with Crippen LogP contribution in [0.1, 0.15) is 5.56 Å². The van der Waals surface area contributed by atoms with Crippen LogP contribution in [0.5, 0.6) is 5.75 Å². The highest BCUT2D eigenvalue weighted by Crippen LogP contribution is 2.32. The maximum Gasteiger partial charge on any atom is 0.165 e. The highest BCUT2D eigenvalue weighted by Gasteiger charge is 2.19. The Morgan fingerprint density at radius 1 is 1.37 bits per heavy atom. The number of halogens is 3. The minimum Gasteiger partial charge on any atom is -0.495 e. The molecular formula is C13H17ClF2N2O. The van der Waals surface area contributed by atoms with E-state index in [0.29, 0.717) is 13.0 Å². The standard InChI is InChI=1S/C13H17ClF2N2O/c1-19-13-9(12(16)11(15)8-10(13)14)2-5-18-6-3-17-4-7-18/h8,17H,2-7H2,1H3. The number of hydrogen-bond acceptors (Lipinski definition) is 3. The summed E-state index contributed by atoms with van der Waals surface area (Å²) in [4.78, 5) is 2.20. The van der Waals surface area contributed by atoms with Gasteiger partial charge in [0.15, 0.2) is 11.6 Å². The molecule has 0 spiro atoms. The highest BCUT2D eigenvalue weighted by atomic mass is 35.5. The molecule has 0 amide bonds. The molecule has 19 heavy (non-hydrogen) atoms. The number of hydrogen-bond donors (Lipinski definition) is 1. The molecule has 0 atom stereocenters. The largest absolute Gasteiger partial charge is 0.495 e. The van der Waals surface area contributed by atoms with Gasteiger partial charge >= 0.3 is 0 Å². The van der Waals surface area contributed by atoms with Crippen molar-refractivity contribution in [2.75, 3.05) is 39.8 Å². The van der Waals surface area contributed by atoms with Gasteiger partial charge in [-0.1, -0.05) is 11.6 Å². The first-order chi connectivity index (χ1) is 9.13. The lowest BCUT2D eigenvalue weighted by Crippen LogP contribution is -2.44. The molecule has 1 aliphatic heterocycles. The van der Waals surface area contributed by atoms with E-state index in [4.69, 9.17) is 16.3 Å². The minimum atomic E-state index is -0.930. The number of nitrogens with one attached hydrogen (secondary N) is 1. The Bertz CT molecular complexity index is 451. The number of piperazine rings is 1. The fourth-order valence-corrected chi connectivity index (χ4v) is 2.56. The summed E-state index contributed by atoms with van der Waals surface area (Å²) in [6.07, 6.45) is 0.381. The Kier molecular flexibility index (Phi) is 4.96. The number of ether oxygens (including phenoxy) is 1. The Morgan fingerprint density at radius 2 is 2.05 bits per heavy atom. The van der Waals surface area contributed by atoms with Crippen molar-refractivity contribution in [3.8, 4) is 5.75 Å². The molecule has 1 heterocycles. The lowest BCUT2D eigenvalue weighted by Gasteiger charge is -2.27. The SMILES string of the molecule is COc1c(Cl)cc(F)c(F)c1CCN1CCNCC1. The molecule has 0 radical (unpaired) electrons. The minimum absolute atomic E-state index is 0.108. The first-order valence-electron chi connectivity index (χ1n) is 6.27. The monoisotopic (exact) mass is 290 g/mol. The van der Waals surface area contributed by atoms with E-state index in [1.165, 1.54) is 7.11 Å². The summed E-state index contributed by atoms with van der Waals surface area (Å²) in [6, 6.07) is 0.948. The Morgan fingerprint density at radius 3 is 2.68 bits per heavy atom. The van der Waals surface area contributed by atoms with Crippen molar-refractivity contribution in [2.45, 2.75) is 6.42 Å². The summed E-state index contributed by atoms with van der Waals surface area (Å²) >= 11 is 5.87. The summed E-state index contributed by atoms with van der Waals surface area (Å²) in [5, 5.41) is 3.35. The normalized spacial score (nSPS) is 16.6. The third-order valence-electron chi connectivity index (χ3n) is 3.31. The summed E-state index contributed by atoms with van der Waals surface area (Å²) in [7, 11) is 1.41. The van der Waals surface area contributed by atoms with Crippen molar-refractivity contribution in [1.29, 1.82) is 0 Å². The number of methoxy groups -OCH3 is 1. The van der Waals surface area contributed by atoms with Crippen LogP contribution in [-0.4, -0.2) is 44.7 Å². The first kappa shape index (κ1) is 14.5. The van der Waals surface area contributed by atoms with E-state index in [9.17, 15) is 8.78 Å². The van der Waals surface area contributed by atoms with Gasteiger partial charge in [0.2, 0.25) is 0 Å². The molecule has 106 valence electrons. The van der Waals surface area contributed by atoms with E-state index in [-0.39, 0.29) is 16.3 Å². The van der Waals surface area contributed by atoms with Gasteiger partial charge in [-0.25, -0.2) is 8.78 Å². The molecule has 0 aromatic heterocycles. The molecule has 1 aromatic carbocycles. The molecule has 6 heteroatoms. The van der Waals surface area contributed by atoms with Crippen molar-refractivity contribution in [3.63, 3.8) is 0 Å². The van der Waals surface area contributed by atoms with E-state index in [0.717, 1.165) is 32.2 Å². The predicted octanol–water partition coefficient (Wildman–Crippen LogP) is 2.07. The van der Waals surface area contributed by atoms with Gasteiger partial charge in [-0.05, 0) is 12.5 Å². The van der Waals surface area contributed by atoms with Crippen LogP contribution in [0.25, 0.3) is 0 Å². The second-order valence-corrected chi connectivity index (χ2v) is 4.91. The zero-order valence-corrected chi connectivity index (χ0v) is 11.6. The first-order valence-corrected chi connectivity index (χ1v) is 6.64.